The number of rotatable bonds is 5. The van der Waals surface area contributed by atoms with Crippen LogP contribution in [0.25, 0.3) is 10.9 Å². The highest BCUT2D eigenvalue weighted by Crippen LogP contribution is 2.36. The molecule has 1 N–H and O–H groups in total. The summed E-state index contributed by atoms with van der Waals surface area (Å²) in [5.74, 6) is 0.498. The molecule has 0 bridgehead atoms. The predicted molar refractivity (Wildman–Crippen MR) is 112 cm³/mol. The van der Waals surface area contributed by atoms with Crippen LogP contribution < -0.4 is 5.32 Å². The van der Waals surface area contributed by atoms with Crippen LogP contribution in [-0.2, 0) is 29.6 Å². The van der Waals surface area contributed by atoms with Gasteiger partial charge in [0.1, 0.15) is 6.04 Å². The van der Waals surface area contributed by atoms with Gasteiger partial charge >= 0.3 is 0 Å². The minimum atomic E-state index is -0.539. The predicted octanol–water partition coefficient (Wildman–Crippen LogP) is 3.33. The minimum Gasteiger partial charge on any atom is -0.351 e. The SMILES string of the molecule is Cn1ccc2c(CNC(=O)[C@@H]3c4ccccc4CC(=O)N3CC3CC3)cccc21. The van der Waals surface area contributed by atoms with Crippen LogP contribution in [0.3, 0.4) is 0 Å². The van der Waals surface area contributed by atoms with E-state index in [2.05, 4.69) is 22.0 Å². The van der Waals surface area contributed by atoms with Crippen molar-refractivity contribution in [3.8, 4) is 0 Å². The molecular weight excluding hydrogens is 362 g/mol. The number of carbonyl (C=O) groups excluding carboxylic acids is 2. The Bertz CT molecular complexity index is 1100. The van der Waals surface area contributed by atoms with Crippen LogP contribution in [0.5, 0.6) is 0 Å². The number of carbonyl (C=O) groups is 2. The summed E-state index contributed by atoms with van der Waals surface area (Å²) in [5.41, 5.74) is 4.16. The lowest BCUT2D eigenvalue weighted by Crippen LogP contribution is -2.48. The van der Waals surface area contributed by atoms with Crippen molar-refractivity contribution in [1.29, 1.82) is 0 Å². The summed E-state index contributed by atoms with van der Waals surface area (Å²) in [5, 5.41) is 4.26. The molecule has 1 fully saturated rings. The van der Waals surface area contributed by atoms with Gasteiger partial charge in [0, 0.05) is 37.2 Å². The number of aromatic nitrogens is 1. The third kappa shape index (κ3) is 3.31. The van der Waals surface area contributed by atoms with E-state index in [0.29, 0.717) is 25.4 Å². The summed E-state index contributed by atoms with van der Waals surface area (Å²) in [6, 6.07) is 15.5. The van der Waals surface area contributed by atoms with E-state index in [0.717, 1.165) is 40.4 Å². The number of hydrogen-bond donors (Lipinski definition) is 1. The van der Waals surface area contributed by atoms with Crippen molar-refractivity contribution in [1.82, 2.24) is 14.8 Å². The summed E-state index contributed by atoms with van der Waals surface area (Å²) in [4.78, 5) is 28.0. The van der Waals surface area contributed by atoms with Crippen molar-refractivity contribution >= 4 is 22.7 Å². The molecule has 0 unspecified atom stereocenters. The van der Waals surface area contributed by atoms with Gasteiger partial charge in [0.2, 0.25) is 11.8 Å². The number of amides is 2. The van der Waals surface area contributed by atoms with Gasteiger partial charge in [0.25, 0.3) is 0 Å². The summed E-state index contributed by atoms with van der Waals surface area (Å²) < 4.78 is 2.08. The molecule has 1 aliphatic heterocycles. The second kappa shape index (κ2) is 7.07. The highest BCUT2D eigenvalue weighted by Gasteiger charge is 2.39. The Morgan fingerprint density at radius 2 is 1.93 bits per heavy atom. The van der Waals surface area contributed by atoms with Crippen LogP contribution in [0.4, 0.5) is 0 Å². The van der Waals surface area contributed by atoms with Crippen LogP contribution in [0, 0.1) is 5.92 Å². The molecule has 29 heavy (non-hydrogen) atoms. The van der Waals surface area contributed by atoms with Gasteiger partial charge in [0.15, 0.2) is 0 Å². The molecule has 0 radical (unpaired) electrons. The Labute approximate surface area is 170 Å². The second-order valence-electron chi connectivity index (χ2n) is 8.26. The van der Waals surface area contributed by atoms with Gasteiger partial charge in [-0.15, -0.1) is 0 Å². The fourth-order valence-electron chi connectivity index (χ4n) is 4.41. The van der Waals surface area contributed by atoms with Gasteiger partial charge in [-0.3, -0.25) is 9.59 Å². The zero-order valence-electron chi connectivity index (χ0n) is 16.6. The van der Waals surface area contributed by atoms with Crippen LogP contribution in [-0.4, -0.2) is 27.8 Å². The molecule has 1 saturated carbocycles. The summed E-state index contributed by atoms with van der Waals surface area (Å²) in [6.07, 6.45) is 4.71. The third-order valence-corrected chi connectivity index (χ3v) is 6.19. The first kappa shape index (κ1) is 18.0. The second-order valence-corrected chi connectivity index (χ2v) is 8.26. The molecule has 1 atom stereocenters. The number of nitrogens with one attached hydrogen (secondary N) is 1. The Balaban J connectivity index is 1.42. The quantitative estimate of drug-likeness (QED) is 0.730. The zero-order chi connectivity index (χ0) is 20.0. The molecular formula is C24H25N3O2. The van der Waals surface area contributed by atoms with E-state index in [-0.39, 0.29) is 11.8 Å². The van der Waals surface area contributed by atoms with Crippen molar-refractivity contribution in [2.75, 3.05) is 6.54 Å². The van der Waals surface area contributed by atoms with Crippen LogP contribution in [0.15, 0.2) is 54.7 Å². The summed E-state index contributed by atoms with van der Waals surface area (Å²) >= 11 is 0. The van der Waals surface area contributed by atoms with Gasteiger partial charge in [-0.25, -0.2) is 0 Å². The van der Waals surface area contributed by atoms with Gasteiger partial charge in [-0.05, 0) is 47.6 Å². The van der Waals surface area contributed by atoms with Crippen molar-refractivity contribution in [2.45, 2.75) is 31.8 Å². The molecule has 2 aromatic carbocycles. The molecule has 2 amide bonds. The van der Waals surface area contributed by atoms with E-state index in [1.165, 1.54) is 0 Å². The average Bonchev–Trinajstić information content (AvgIpc) is 3.47. The lowest BCUT2D eigenvalue weighted by Gasteiger charge is -2.36. The lowest BCUT2D eigenvalue weighted by molar-refractivity contribution is -0.142. The molecule has 2 heterocycles. The number of hydrogen-bond acceptors (Lipinski definition) is 2. The molecule has 5 nitrogen and oxygen atoms in total. The largest absolute Gasteiger partial charge is 0.351 e. The molecule has 0 spiro atoms. The van der Waals surface area contributed by atoms with E-state index in [9.17, 15) is 9.59 Å². The van der Waals surface area contributed by atoms with Crippen molar-refractivity contribution in [3.63, 3.8) is 0 Å². The molecule has 2 aliphatic rings. The van der Waals surface area contributed by atoms with Gasteiger partial charge in [-0.2, -0.15) is 0 Å². The first-order chi connectivity index (χ1) is 14.1. The van der Waals surface area contributed by atoms with Gasteiger partial charge in [0.05, 0.1) is 6.42 Å². The van der Waals surface area contributed by atoms with Crippen LogP contribution in [0.2, 0.25) is 0 Å². The number of fused-ring (bicyclic) bond motifs is 2. The molecule has 0 saturated heterocycles. The van der Waals surface area contributed by atoms with Crippen molar-refractivity contribution in [3.05, 3.63) is 71.4 Å². The van der Waals surface area contributed by atoms with Gasteiger partial charge in [-0.1, -0.05) is 36.4 Å². The molecule has 1 aliphatic carbocycles. The number of nitrogens with zero attached hydrogens (tertiary/aromatic N) is 2. The summed E-state index contributed by atoms with van der Waals surface area (Å²) in [6.45, 7) is 1.13. The van der Waals surface area contributed by atoms with E-state index >= 15 is 0 Å². The van der Waals surface area contributed by atoms with Crippen molar-refractivity contribution in [2.24, 2.45) is 13.0 Å². The van der Waals surface area contributed by atoms with E-state index in [4.69, 9.17) is 0 Å². The first-order valence-corrected chi connectivity index (χ1v) is 10.3. The molecule has 3 aromatic rings. The smallest absolute Gasteiger partial charge is 0.247 e. The van der Waals surface area contributed by atoms with Crippen molar-refractivity contribution < 1.29 is 9.59 Å². The maximum Gasteiger partial charge on any atom is 0.247 e. The minimum absolute atomic E-state index is 0.0564. The molecule has 1 aromatic heterocycles. The maximum atomic E-state index is 13.3. The fourth-order valence-corrected chi connectivity index (χ4v) is 4.41. The maximum absolute atomic E-state index is 13.3. The third-order valence-electron chi connectivity index (χ3n) is 6.19. The Hall–Kier alpha value is -3.08. The molecule has 148 valence electrons. The lowest BCUT2D eigenvalue weighted by atomic mass is 9.91. The monoisotopic (exact) mass is 387 g/mol. The Kier molecular flexibility index (Phi) is 4.38. The van der Waals surface area contributed by atoms with E-state index in [1.807, 2.05) is 49.6 Å². The Morgan fingerprint density at radius 1 is 1.10 bits per heavy atom. The van der Waals surface area contributed by atoms with Crippen LogP contribution in [0.1, 0.15) is 35.6 Å². The number of aryl methyl sites for hydroxylation is 1. The van der Waals surface area contributed by atoms with Gasteiger partial charge < -0.3 is 14.8 Å². The molecule has 5 rings (SSSR count). The highest BCUT2D eigenvalue weighted by atomic mass is 16.2. The number of benzene rings is 2. The topological polar surface area (TPSA) is 54.3 Å². The normalized spacial score (nSPS) is 18.7. The standard InChI is InChI=1S/C24H25N3O2/c1-26-12-11-19-18(6-4-8-21(19)26)14-25-24(29)23-20-7-3-2-5-17(20)13-22(28)27(23)15-16-9-10-16/h2-8,11-12,16,23H,9-10,13-15H2,1H3,(H,25,29)/t23-/m0/s1. The first-order valence-electron chi connectivity index (χ1n) is 10.3. The van der Waals surface area contributed by atoms with E-state index < -0.39 is 6.04 Å². The average molecular weight is 387 g/mol. The fraction of sp³-hybridized carbons (Fsp3) is 0.333. The van der Waals surface area contributed by atoms with Crippen LogP contribution >= 0.6 is 0 Å². The highest BCUT2D eigenvalue weighted by molar-refractivity contribution is 5.93. The zero-order valence-corrected chi connectivity index (χ0v) is 16.6. The van der Waals surface area contributed by atoms with E-state index in [1.54, 1.807) is 4.90 Å². The Morgan fingerprint density at radius 3 is 2.76 bits per heavy atom. The molecule has 5 heteroatoms. The summed E-state index contributed by atoms with van der Waals surface area (Å²) in [7, 11) is 2.02.